The van der Waals surface area contributed by atoms with Crippen molar-refractivity contribution in [1.29, 1.82) is 0 Å². The van der Waals surface area contributed by atoms with Crippen molar-refractivity contribution in [3.8, 4) is 0 Å². The molecule has 0 aliphatic rings. The third-order valence-electron chi connectivity index (χ3n) is 3.56. The number of rotatable bonds is 10. The molecule has 150 valence electrons. The highest BCUT2D eigenvalue weighted by Gasteiger charge is 2.20. The van der Waals surface area contributed by atoms with Crippen molar-refractivity contribution in [3.63, 3.8) is 0 Å². The predicted octanol–water partition coefficient (Wildman–Crippen LogP) is 0.966. The monoisotopic (exact) mass is 402 g/mol. The highest BCUT2D eigenvalue weighted by Crippen LogP contribution is 2.20. The van der Waals surface area contributed by atoms with Crippen molar-refractivity contribution in [3.05, 3.63) is 18.1 Å². The van der Waals surface area contributed by atoms with Gasteiger partial charge in [-0.05, 0) is 20.8 Å². The largest absolute Gasteiger partial charge is 0.462 e. The van der Waals surface area contributed by atoms with Gasteiger partial charge < -0.3 is 19.8 Å². The molecule has 0 fully saturated rings. The fraction of sp³-hybridized carbons (Fsp3) is 0.600. The van der Waals surface area contributed by atoms with Crippen molar-refractivity contribution in [2.45, 2.75) is 45.4 Å². The number of halogens is 1. The smallest absolute Gasteiger partial charge is 0.323 e. The number of nitrogens with two attached hydrogens (primary N) is 1. The van der Waals surface area contributed by atoms with Crippen LogP contribution in [0.4, 0.5) is 10.3 Å². The van der Waals surface area contributed by atoms with E-state index >= 15 is 0 Å². The number of carbonyl (C=O) groups excluding carboxylic acids is 1. The van der Waals surface area contributed by atoms with Gasteiger partial charge in [-0.25, -0.2) is 14.4 Å². The molecule has 2 heterocycles. The van der Waals surface area contributed by atoms with Crippen LogP contribution >= 0.6 is 7.95 Å². The maximum Gasteiger partial charge on any atom is 0.323 e. The molecule has 27 heavy (non-hydrogen) atoms. The van der Waals surface area contributed by atoms with E-state index in [9.17, 15) is 13.8 Å². The zero-order valence-electron chi connectivity index (χ0n) is 15.4. The quantitative estimate of drug-likeness (QED) is 0.440. The summed E-state index contributed by atoms with van der Waals surface area (Å²) in [7, 11) is -2.46. The van der Waals surface area contributed by atoms with Crippen LogP contribution in [0, 0.1) is 0 Å². The molecule has 0 saturated carbocycles. The number of fused-ring (bicyclic) bond motifs is 1. The Balaban J connectivity index is 1.88. The number of nitrogen functional groups attached to an aromatic ring is 1. The fourth-order valence-corrected chi connectivity index (χ4v) is 3.37. The first-order valence-corrected chi connectivity index (χ1v) is 10.0. The van der Waals surface area contributed by atoms with E-state index in [0.717, 1.165) is 0 Å². The summed E-state index contributed by atoms with van der Waals surface area (Å²) in [6.45, 7) is 4.21. The average Bonchev–Trinajstić information content (AvgIpc) is 3.02. The lowest BCUT2D eigenvalue weighted by atomic mass is 10.1. The van der Waals surface area contributed by atoms with E-state index in [1.165, 1.54) is 17.0 Å². The topological polar surface area (TPSA) is 134 Å². The van der Waals surface area contributed by atoms with Gasteiger partial charge in [0, 0.05) is 12.0 Å². The Morgan fingerprint density at radius 3 is 2.81 bits per heavy atom. The molecule has 1 unspecified atom stereocenters. The van der Waals surface area contributed by atoms with Gasteiger partial charge in [-0.3, -0.25) is 9.88 Å². The lowest BCUT2D eigenvalue weighted by Gasteiger charge is -2.17. The van der Waals surface area contributed by atoms with Gasteiger partial charge in [0.25, 0.3) is 0 Å². The van der Waals surface area contributed by atoms with E-state index < -0.39 is 32.7 Å². The van der Waals surface area contributed by atoms with Gasteiger partial charge in [0.15, 0.2) is 13.6 Å². The zero-order valence-corrected chi connectivity index (χ0v) is 16.4. The molecule has 0 aliphatic heterocycles. The Bertz CT molecular complexity index is 802. The summed E-state index contributed by atoms with van der Waals surface area (Å²) in [6, 6.07) is -0.745. The summed E-state index contributed by atoms with van der Waals surface area (Å²) >= 11 is 0. The minimum absolute atomic E-state index is 0.167. The van der Waals surface area contributed by atoms with Crippen molar-refractivity contribution >= 4 is 25.5 Å². The summed E-state index contributed by atoms with van der Waals surface area (Å²) in [5.41, 5.74) is 6.78. The number of ether oxygens (including phenoxy) is 2. The van der Waals surface area contributed by atoms with Crippen LogP contribution in [0.2, 0.25) is 0 Å². The molecule has 12 heteroatoms. The standard InChI is InChI=1S/C15H24FN6O4P/c1-9(2)26-14(23)10(3)21-27(24)8-25-12(5-16)4-11-6-20-22-13(11)18-7-19-15(22)17/h6-7,9-10,12,27H,4-5,8H2,1-3H3,(H,21,24)(H2,17,18,19)/t10-,12+/m0/s1. The zero-order chi connectivity index (χ0) is 20.0. The van der Waals surface area contributed by atoms with Crippen LogP contribution in [0.3, 0.4) is 0 Å². The van der Waals surface area contributed by atoms with Gasteiger partial charge in [-0.2, -0.15) is 9.61 Å². The molecule has 0 aliphatic carbocycles. The van der Waals surface area contributed by atoms with Crippen LogP contribution < -0.4 is 10.8 Å². The highest BCUT2D eigenvalue weighted by molar-refractivity contribution is 7.42. The second kappa shape index (κ2) is 9.72. The minimum atomic E-state index is -2.46. The Kier molecular flexibility index (Phi) is 7.64. The Labute approximate surface area is 156 Å². The third kappa shape index (κ3) is 5.95. The molecule has 0 bridgehead atoms. The van der Waals surface area contributed by atoms with Gasteiger partial charge in [0.05, 0.1) is 18.4 Å². The first-order valence-electron chi connectivity index (χ1n) is 8.42. The lowest BCUT2D eigenvalue weighted by Crippen LogP contribution is -2.33. The van der Waals surface area contributed by atoms with Gasteiger partial charge in [-0.15, -0.1) is 0 Å². The fourth-order valence-electron chi connectivity index (χ4n) is 2.30. The number of nitrogens with one attached hydrogen (secondary N) is 1. The third-order valence-corrected chi connectivity index (χ3v) is 4.74. The molecule has 3 atom stereocenters. The van der Waals surface area contributed by atoms with Gasteiger partial charge in [0.2, 0.25) is 5.95 Å². The van der Waals surface area contributed by atoms with Crippen molar-refractivity contribution in [1.82, 2.24) is 24.7 Å². The first-order chi connectivity index (χ1) is 12.8. The van der Waals surface area contributed by atoms with E-state index in [0.29, 0.717) is 11.2 Å². The molecule has 0 radical (unpaired) electrons. The molecule has 2 aromatic heterocycles. The Morgan fingerprint density at radius 1 is 1.41 bits per heavy atom. The molecular formula is C15H24FN6O4P. The number of alkyl halides is 1. The second-order valence-corrected chi connectivity index (χ2v) is 7.63. The molecule has 0 aromatic carbocycles. The first kappa shape index (κ1) is 21.2. The van der Waals surface area contributed by atoms with E-state index in [4.69, 9.17) is 15.2 Å². The normalized spacial score (nSPS) is 15.0. The molecule has 2 aromatic rings. The van der Waals surface area contributed by atoms with Crippen molar-refractivity contribution in [2.24, 2.45) is 0 Å². The molecule has 10 nitrogen and oxygen atoms in total. The van der Waals surface area contributed by atoms with Gasteiger partial charge >= 0.3 is 5.97 Å². The highest BCUT2D eigenvalue weighted by atomic mass is 31.1. The molecule has 0 amide bonds. The van der Waals surface area contributed by atoms with Gasteiger partial charge in [0.1, 0.15) is 25.4 Å². The average molecular weight is 402 g/mol. The molecule has 3 N–H and O–H groups in total. The minimum Gasteiger partial charge on any atom is -0.462 e. The second-order valence-electron chi connectivity index (χ2n) is 6.20. The maximum atomic E-state index is 13.3. The number of esters is 1. The Hall–Kier alpha value is -2.10. The van der Waals surface area contributed by atoms with E-state index in [-0.39, 0.29) is 24.8 Å². The molecule has 0 spiro atoms. The van der Waals surface area contributed by atoms with Gasteiger partial charge in [-0.1, -0.05) is 0 Å². The van der Waals surface area contributed by atoms with Crippen LogP contribution in [-0.2, 0) is 25.3 Å². The van der Waals surface area contributed by atoms with E-state index in [2.05, 4.69) is 20.2 Å². The number of aromatic nitrogens is 4. The van der Waals surface area contributed by atoms with E-state index in [1.54, 1.807) is 20.8 Å². The van der Waals surface area contributed by atoms with Crippen LogP contribution in [0.25, 0.3) is 5.65 Å². The number of nitrogens with zero attached hydrogens (tertiary/aromatic N) is 4. The number of anilines is 1. The number of hydrogen-bond acceptors (Lipinski definition) is 8. The summed E-state index contributed by atoms with van der Waals surface area (Å²) in [4.78, 5) is 19.6. The predicted molar refractivity (Wildman–Crippen MR) is 97.4 cm³/mol. The number of carbonyl (C=O) groups is 1. The summed E-state index contributed by atoms with van der Waals surface area (Å²) < 4.78 is 37.2. The molecule has 0 saturated heterocycles. The Morgan fingerprint density at radius 2 is 2.15 bits per heavy atom. The summed E-state index contributed by atoms with van der Waals surface area (Å²) in [6.07, 6.45) is 1.67. The van der Waals surface area contributed by atoms with E-state index in [1.807, 2.05) is 0 Å². The van der Waals surface area contributed by atoms with Crippen LogP contribution in [0.5, 0.6) is 0 Å². The number of hydrogen-bond donors (Lipinski definition) is 2. The SMILES string of the molecule is CC(C)OC(=O)[C@H](C)N[PH](=O)CO[C@@H](CF)Cc1cnn2c(N)ncnc12. The summed E-state index contributed by atoms with van der Waals surface area (Å²) in [5.74, 6) is -0.338. The molecular weight excluding hydrogens is 378 g/mol. The van der Waals surface area contributed by atoms with Crippen LogP contribution in [0.1, 0.15) is 26.3 Å². The van der Waals surface area contributed by atoms with Crippen molar-refractivity contribution < 1.29 is 23.2 Å². The lowest BCUT2D eigenvalue weighted by molar-refractivity contribution is -0.148. The maximum absolute atomic E-state index is 13.3. The van der Waals surface area contributed by atoms with Crippen LogP contribution in [-0.4, -0.2) is 56.8 Å². The van der Waals surface area contributed by atoms with Crippen molar-refractivity contribution in [2.75, 3.05) is 18.8 Å². The van der Waals surface area contributed by atoms with Crippen LogP contribution in [0.15, 0.2) is 12.5 Å². The molecule has 2 rings (SSSR count). The summed E-state index contributed by atoms with van der Waals surface area (Å²) in [5, 5.41) is 6.68.